The summed E-state index contributed by atoms with van der Waals surface area (Å²) in [7, 11) is 1.84. The number of aromatic nitrogens is 4. The molecule has 1 aliphatic rings. The molecule has 0 spiro atoms. The van der Waals surface area contributed by atoms with E-state index in [1.54, 1.807) is 11.2 Å². The minimum atomic E-state index is 0.0999. The maximum absolute atomic E-state index is 12.8. The van der Waals surface area contributed by atoms with Crippen LogP contribution in [-0.2, 0) is 11.2 Å². The topological polar surface area (TPSA) is 69.9 Å². The number of nitrogens with zero attached hydrogens (tertiary/aromatic N) is 7. The molecule has 1 saturated heterocycles. The molecule has 0 saturated carbocycles. The van der Waals surface area contributed by atoms with Gasteiger partial charge in [0.15, 0.2) is 0 Å². The van der Waals surface area contributed by atoms with Crippen molar-refractivity contribution < 1.29 is 4.79 Å². The van der Waals surface area contributed by atoms with Gasteiger partial charge >= 0.3 is 0 Å². The fourth-order valence-electron chi connectivity index (χ4n) is 4.51. The monoisotopic (exact) mass is 455 g/mol. The molecule has 1 aliphatic heterocycles. The average molecular weight is 456 g/mol. The van der Waals surface area contributed by atoms with Crippen LogP contribution in [0.25, 0.3) is 5.78 Å². The van der Waals surface area contributed by atoms with Gasteiger partial charge in [0, 0.05) is 56.6 Å². The van der Waals surface area contributed by atoms with E-state index in [0.717, 1.165) is 55.4 Å². The van der Waals surface area contributed by atoms with Gasteiger partial charge in [0.05, 0.1) is 6.54 Å². The Morgan fingerprint density at radius 3 is 2.35 bits per heavy atom. The number of fused-ring (bicyclic) bond motifs is 1. The number of benzene rings is 2. The highest BCUT2D eigenvalue weighted by Gasteiger charge is 2.26. The van der Waals surface area contributed by atoms with Gasteiger partial charge in [-0.15, -0.1) is 0 Å². The molecule has 5 rings (SSSR count). The minimum absolute atomic E-state index is 0.0999. The van der Waals surface area contributed by atoms with E-state index >= 15 is 0 Å². The van der Waals surface area contributed by atoms with Gasteiger partial charge in [0.25, 0.3) is 5.78 Å². The SMILES string of the molecule is Cc1nc2ncnn2c(N2CCN(CC(=O)N(C)c3ccccc3)CC2)c1Cc1ccccc1. The van der Waals surface area contributed by atoms with E-state index < -0.39 is 0 Å². The first-order valence-corrected chi connectivity index (χ1v) is 11.6. The van der Waals surface area contributed by atoms with E-state index in [-0.39, 0.29) is 5.91 Å². The first-order chi connectivity index (χ1) is 16.6. The maximum Gasteiger partial charge on any atom is 0.254 e. The van der Waals surface area contributed by atoms with Gasteiger partial charge in [-0.1, -0.05) is 48.5 Å². The second kappa shape index (κ2) is 9.61. The lowest BCUT2D eigenvalue weighted by Gasteiger charge is -2.37. The van der Waals surface area contributed by atoms with Gasteiger partial charge in [-0.2, -0.15) is 14.6 Å². The van der Waals surface area contributed by atoms with Crippen molar-refractivity contribution in [2.45, 2.75) is 13.3 Å². The summed E-state index contributed by atoms with van der Waals surface area (Å²) in [5.41, 5.74) is 4.29. The standard InChI is InChI=1S/C26H29N7O/c1-20-23(17-21-9-5-3-6-10-21)25(33-26(29-20)27-19-28-33)32-15-13-31(14-16-32)18-24(34)30(2)22-11-7-4-8-12-22/h3-12,19H,13-18H2,1-2H3. The molecule has 2 aromatic carbocycles. The number of hydrogen-bond donors (Lipinski definition) is 0. The Balaban J connectivity index is 1.33. The number of likely N-dealkylation sites (N-methyl/N-ethyl adjacent to an activating group) is 1. The van der Waals surface area contributed by atoms with Gasteiger partial charge in [-0.3, -0.25) is 9.69 Å². The van der Waals surface area contributed by atoms with Crippen LogP contribution in [0.1, 0.15) is 16.8 Å². The Morgan fingerprint density at radius 1 is 0.971 bits per heavy atom. The van der Waals surface area contributed by atoms with Crippen molar-refractivity contribution in [3.8, 4) is 0 Å². The third-order valence-corrected chi connectivity index (χ3v) is 6.48. The zero-order valence-corrected chi connectivity index (χ0v) is 19.6. The highest BCUT2D eigenvalue weighted by molar-refractivity contribution is 5.94. The number of amides is 1. The summed E-state index contributed by atoms with van der Waals surface area (Å²) in [4.78, 5) is 28.2. The second-order valence-corrected chi connectivity index (χ2v) is 8.69. The molecule has 8 heteroatoms. The van der Waals surface area contributed by atoms with Gasteiger partial charge in [-0.05, 0) is 24.6 Å². The van der Waals surface area contributed by atoms with Gasteiger partial charge in [0.2, 0.25) is 5.91 Å². The molecule has 0 unspecified atom stereocenters. The predicted octanol–water partition coefficient (Wildman–Crippen LogP) is 2.81. The average Bonchev–Trinajstić information content (AvgIpc) is 3.33. The van der Waals surface area contributed by atoms with Crippen LogP contribution >= 0.6 is 0 Å². The van der Waals surface area contributed by atoms with Crippen molar-refractivity contribution in [3.05, 3.63) is 83.8 Å². The summed E-state index contributed by atoms with van der Waals surface area (Å²) >= 11 is 0. The predicted molar refractivity (Wildman–Crippen MR) is 133 cm³/mol. The lowest BCUT2D eigenvalue weighted by Crippen LogP contribution is -2.50. The van der Waals surface area contributed by atoms with Crippen LogP contribution in [-0.4, -0.2) is 70.2 Å². The van der Waals surface area contributed by atoms with Crippen molar-refractivity contribution in [3.63, 3.8) is 0 Å². The zero-order chi connectivity index (χ0) is 23.5. The number of carbonyl (C=O) groups excluding carboxylic acids is 1. The van der Waals surface area contributed by atoms with Crippen LogP contribution in [0.2, 0.25) is 0 Å². The summed E-state index contributed by atoms with van der Waals surface area (Å²) < 4.78 is 1.86. The minimum Gasteiger partial charge on any atom is -0.354 e. The molecule has 174 valence electrons. The Kier molecular flexibility index (Phi) is 6.22. The van der Waals surface area contributed by atoms with Crippen molar-refractivity contribution in [1.29, 1.82) is 0 Å². The molecule has 0 aliphatic carbocycles. The molecule has 2 aromatic heterocycles. The van der Waals surface area contributed by atoms with Crippen LogP contribution < -0.4 is 9.80 Å². The third-order valence-electron chi connectivity index (χ3n) is 6.48. The van der Waals surface area contributed by atoms with Gasteiger partial charge in [0.1, 0.15) is 12.1 Å². The van der Waals surface area contributed by atoms with Crippen LogP contribution in [0.15, 0.2) is 67.0 Å². The molecule has 4 aromatic rings. The molecule has 34 heavy (non-hydrogen) atoms. The highest BCUT2D eigenvalue weighted by Crippen LogP contribution is 2.27. The molecule has 1 fully saturated rings. The molecule has 1 amide bonds. The van der Waals surface area contributed by atoms with Crippen molar-refractivity contribution in [2.24, 2.45) is 0 Å². The van der Waals surface area contributed by atoms with E-state index in [2.05, 4.69) is 44.1 Å². The Labute approximate surface area is 199 Å². The van der Waals surface area contributed by atoms with Crippen LogP contribution in [0.4, 0.5) is 11.5 Å². The number of hydrogen-bond acceptors (Lipinski definition) is 6. The molecule has 0 atom stereocenters. The van der Waals surface area contributed by atoms with Crippen LogP contribution in [0.5, 0.6) is 0 Å². The van der Waals surface area contributed by atoms with E-state index in [1.165, 1.54) is 5.56 Å². The van der Waals surface area contributed by atoms with Gasteiger partial charge in [-0.25, -0.2) is 4.98 Å². The molecule has 0 radical (unpaired) electrons. The first-order valence-electron chi connectivity index (χ1n) is 11.6. The molecule has 0 bridgehead atoms. The maximum atomic E-state index is 12.8. The summed E-state index contributed by atoms with van der Waals surface area (Å²) in [6, 6.07) is 20.2. The van der Waals surface area contributed by atoms with E-state index in [9.17, 15) is 4.79 Å². The first kappa shape index (κ1) is 22.0. The smallest absolute Gasteiger partial charge is 0.254 e. The van der Waals surface area contributed by atoms with E-state index in [0.29, 0.717) is 12.3 Å². The van der Waals surface area contributed by atoms with Gasteiger partial charge < -0.3 is 9.80 Å². The molecule has 3 heterocycles. The number of piperazine rings is 1. The zero-order valence-electron chi connectivity index (χ0n) is 19.6. The number of para-hydroxylation sites is 1. The highest BCUT2D eigenvalue weighted by atomic mass is 16.2. The second-order valence-electron chi connectivity index (χ2n) is 8.69. The largest absolute Gasteiger partial charge is 0.354 e. The van der Waals surface area contributed by atoms with E-state index in [4.69, 9.17) is 4.98 Å². The van der Waals surface area contributed by atoms with Crippen molar-refractivity contribution in [2.75, 3.05) is 49.6 Å². The Bertz CT molecular complexity index is 1260. The normalized spacial score (nSPS) is 14.5. The molecule has 8 nitrogen and oxygen atoms in total. The quantitative estimate of drug-likeness (QED) is 0.445. The summed E-state index contributed by atoms with van der Waals surface area (Å²) in [6.45, 7) is 5.67. The lowest BCUT2D eigenvalue weighted by molar-refractivity contribution is -0.119. The summed E-state index contributed by atoms with van der Waals surface area (Å²) in [5, 5.41) is 4.49. The summed E-state index contributed by atoms with van der Waals surface area (Å²) in [6.07, 6.45) is 2.34. The Hall–Kier alpha value is -3.78. The Morgan fingerprint density at radius 2 is 1.65 bits per heavy atom. The fourth-order valence-corrected chi connectivity index (χ4v) is 4.51. The molecular formula is C26H29N7O. The lowest BCUT2D eigenvalue weighted by atomic mass is 10.0. The number of rotatable bonds is 6. The molecular weight excluding hydrogens is 426 g/mol. The van der Waals surface area contributed by atoms with Crippen LogP contribution in [0, 0.1) is 6.92 Å². The van der Waals surface area contributed by atoms with Crippen LogP contribution in [0.3, 0.4) is 0 Å². The number of aryl methyl sites for hydroxylation is 1. The van der Waals surface area contributed by atoms with Crippen molar-refractivity contribution >= 4 is 23.2 Å². The molecule has 0 N–H and O–H groups in total. The third kappa shape index (κ3) is 4.49. The fraction of sp³-hybridized carbons (Fsp3) is 0.308. The number of anilines is 2. The summed E-state index contributed by atoms with van der Waals surface area (Å²) in [5.74, 6) is 1.77. The van der Waals surface area contributed by atoms with Crippen molar-refractivity contribution in [1.82, 2.24) is 24.5 Å². The number of carbonyl (C=O) groups is 1. The van der Waals surface area contributed by atoms with E-state index in [1.807, 2.05) is 54.9 Å².